The summed E-state index contributed by atoms with van der Waals surface area (Å²) in [6.07, 6.45) is -4.39. The molecule has 0 saturated carbocycles. The molecule has 0 spiro atoms. The number of carbonyl (C=O) groups excluding carboxylic acids is 1. The van der Waals surface area contributed by atoms with E-state index in [2.05, 4.69) is 29.2 Å². The van der Waals surface area contributed by atoms with Gasteiger partial charge in [-0.15, -0.1) is 0 Å². The van der Waals surface area contributed by atoms with Gasteiger partial charge in [0.25, 0.3) is 10.0 Å². The minimum Gasteiger partial charge on any atom is -0.448 e. The minimum atomic E-state index is -4.58. The zero-order valence-corrected chi connectivity index (χ0v) is 26.9. The third kappa shape index (κ3) is 8.72. The molecule has 47 heavy (non-hydrogen) atoms. The molecular weight excluding hydrogens is 627 g/mol. The van der Waals surface area contributed by atoms with Crippen LogP contribution in [0.25, 0.3) is 0 Å². The highest BCUT2D eigenvalue weighted by molar-refractivity contribution is 7.92. The number of carbonyl (C=O) groups is 1. The molecule has 1 heterocycles. The molecule has 1 fully saturated rings. The number of sulfonamides is 1. The normalized spacial score (nSPS) is 15.0. The Morgan fingerprint density at radius 3 is 1.79 bits per heavy atom. The fourth-order valence-electron chi connectivity index (χ4n) is 5.73. The van der Waals surface area contributed by atoms with Crippen LogP contribution in [0.3, 0.4) is 0 Å². The van der Waals surface area contributed by atoms with Crippen LogP contribution >= 0.6 is 0 Å². The Balaban J connectivity index is 1.23. The molecular formula is C36H38F3N3O4S. The third-order valence-electron chi connectivity index (χ3n) is 8.33. The van der Waals surface area contributed by atoms with Crippen LogP contribution in [0.2, 0.25) is 0 Å². The molecule has 248 valence electrons. The molecule has 7 nitrogen and oxygen atoms in total. The van der Waals surface area contributed by atoms with Gasteiger partial charge >= 0.3 is 12.3 Å². The lowest BCUT2D eigenvalue weighted by Gasteiger charge is -2.38. The van der Waals surface area contributed by atoms with Crippen molar-refractivity contribution in [2.75, 3.05) is 24.0 Å². The molecule has 4 aromatic rings. The second-order valence-electron chi connectivity index (χ2n) is 11.7. The van der Waals surface area contributed by atoms with Gasteiger partial charge in [0.15, 0.2) is 0 Å². The number of nitrogens with zero attached hydrogens (tertiary/aromatic N) is 3. The van der Waals surface area contributed by atoms with Crippen LogP contribution in [0.1, 0.15) is 36.5 Å². The van der Waals surface area contributed by atoms with Gasteiger partial charge in [0, 0.05) is 38.3 Å². The Labute approximate surface area is 274 Å². The number of benzene rings is 4. The molecule has 1 atom stereocenters. The predicted octanol–water partition coefficient (Wildman–Crippen LogP) is 7.59. The van der Waals surface area contributed by atoms with Gasteiger partial charge in [0.2, 0.25) is 0 Å². The van der Waals surface area contributed by atoms with E-state index in [0.717, 1.165) is 35.4 Å². The van der Waals surface area contributed by atoms with Gasteiger partial charge in [-0.3, -0.25) is 9.21 Å². The molecule has 1 aliphatic heterocycles. The summed E-state index contributed by atoms with van der Waals surface area (Å²) in [5, 5.41) is 0. The first-order valence-electron chi connectivity index (χ1n) is 15.5. The Hall–Kier alpha value is -4.35. The van der Waals surface area contributed by atoms with Crippen LogP contribution < -0.4 is 4.31 Å². The maximum absolute atomic E-state index is 13.8. The van der Waals surface area contributed by atoms with Gasteiger partial charge in [-0.1, -0.05) is 78.9 Å². The SMILES string of the molecule is CC(COC(=O)N1CCC(N(c2ccccc2)S(=O)(=O)c2ccc(C(F)(F)F)cc2)CC1)N(Cc1ccccc1)Cc1ccccc1. The Morgan fingerprint density at radius 1 is 0.809 bits per heavy atom. The van der Waals surface area contributed by atoms with Crippen molar-refractivity contribution in [1.29, 1.82) is 0 Å². The topological polar surface area (TPSA) is 70.2 Å². The molecule has 1 saturated heterocycles. The monoisotopic (exact) mass is 665 g/mol. The number of para-hydroxylation sites is 1. The van der Waals surface area contributed by atoms with Crippen LogP contribution in [0, 0.1) is 0 Å². The van der Waals surface area contributed by atoms with E-state index in [1.54, 1.807) is 35.2 Å². The summed E-state index contributed by atoms with van der Waals surface area (Å²) in [5.41, 5.74) is 1.78. The number of rotatable bonds is 11. The van der Waals surface area contributed by atoms with Crippen molar-refractivity contribution in [1.82, 2.24) is 9.80 Å². The first kappa shape index (κ1) is 34.0. The lowest BCUT2D eigenvalue weighted by Crippen LogP contribution is -2.49. The number of piperidine rings is 1. The number of alkyl halides is 3. The number of anilines is 1. The Bertz CT molecular complexity index is 1640. The second kappa shape index (κ2) is 15.0. The average Bonchev–Trinajstić information content (AvgIpc) is 3.08. The lowest BCUT2D eigenvalue weighted by molar-refractivity contribution is -0.137. The smallest absolute Gasteiger partial charge is 0.416 e. The number of hydrogen-bond acceptors (Lipinski definition) is 5. The van der Waals surface area contributed by atoms with Crippen LogP contribution in [0.5, 0.6) is 0 Å². The summed E-state index contributed by atoms with van der Waals surface area (Å²) in [4.78, 5) is 16.8. The number of halogens is 3. The maximum atomic E-state index is 13.8. The molecule has 4 aromatic carbocycles. The molecule has 1 aliphatic rings. The Kier molecular flexibility index (Phi) is 10.9. The van der Waals surface area contributed by atoms with Crippen LogP contribution in [-0.2, 0) is 34.0 Å². The van der Waals surface area contributed by atoms with Gasteiger partial charge in [-0.25, -0.2) is 13.2 Å². The van der Waals surface area contributed by atoms with Crippen molar-refractivity contribution < 1.29 is 31.1 Å². The molecule has 0 aliphatic carbocycles. The summed E-state index contributed by atoms with van der Waals surface area (Å²) in [6, 6.07) is 31.6. The summed E-state index contributed by atoms with van der Waals surface area (Å²) in [6.45, 7) is 4.10. The zero-order valence-electron chi connectivity index (χ0n) is 26.1. The first-order chi connectivity index (χ1) is 22.5. The van der Waals surface area contributed by atoms with Gasteiger partial charge in [-0.05, 0) is 67.3 Å². The largest absolute Gasteiger partial charge is 0.448 e. The number of ether oxygens (including phenoxy) is 1. The van der Waals surface area contributed by atoms with E-state index < -0.39 is 33.9 Å². The number of likely N-dealkylation sites (tertiary alicyclic amines) is 1. The fraction of sp³-hybridized carbons (Fsp3) is 0.306. The highest BCUT2D eigenvalue weighted by atomic mass is 32.2. The molecule has 11 heteroatoms. The molecule has 0 bridgehead atoms. The van der Waals surface area contributed by atoms with Crippen molar-refractivity contribution in [3.8, 4) is 0 Å². The minimum absolute atomic E-state index is 0.0839. The highest BCUT2D eigenvalue weighted by Crippen LogP contribution is 2.33. The zero-order chi connectivity index (χ0) is 33.4. The quantitative estimate of drug-likeness (QED) is 0.165. The summed E-state index contributed by atoms with van der Waals surface area (Å²) in [7, 11) is -4.21. The van der Waals surface area contributed by atoms with E-state index in [9.17, 15) is 26.4 Å². The van der Waals surface area contributed by atoms with E-state index in [1.807, 2.05) is 43.3 Å². The van der Waals surface area contributed by atoms with Crippen LogP contribution in [0.15, 0.2) is 120 Å². The van der Waals surface area contributed by atoms with Crippen LogP contribution in [0.4, 0.5) is 23.7 Å². The number of hydrogen-bond donors (Lipinski definition) is 0. The maximum Gasteiger partial charge on any atom is 0.416 e. The average molecular weight is 666 g/mol. The lowest BCUT2D eigenvalue weighted by atomic mass is 10.0. The van der Waals surface area contributed by atoms with Crippen molar-refractivity contribution in [3.05, 3.63) is 132 Å². The van der Waals surface area contributed by atoms with Gasteiger partial charge in [0.05, 0.1) is 16.1 Å². The van der Waals surface area contributed by atoms with E-state index >= 15 is 0 Å². The van der Waals surface area contributed by atoms with E-state index in [-0.39, 0.29) is 30.6 Å². The summed E-state index contributed by atoms with van der Waals surface area (Å²) >= 11 is 0. The van der Waals surface area contributed by atoms with Gasteiger partial charge < -0.3 is 9.64 Å². The third-order valence-corrected chi connectivity index (χ3v) is 10.2. The highest BCUT2D eigenvalue weighted by Gasteiger charge is 2.36. The van der Waals surface area contributed by atoms with Crippen molar-refractivity contribution in [2.24, 2.45) is 0 Å². The van der Waals surface area contributed by atoms with E-state index in [1.165, 1.54) is 4.31 Å². The van der Waals surface area contributed by atoms with Gasteiger partial charge in [-0.2, -0.15) is 13.2 Å². The van der Waals surface area contributed by atoms with Crippen LogP contribution in [-0.4, -0.2) is 56.1 Å². The molecule has 5 rings (SSSR count). The van der Waals surface area contributed by atoms with Crippen molar-refractivity contribution in [2.45, 2.75) is 56.0 Å². The first-order valence-corrected chi connectivity index (χ1v) is 17.0. The molecule has 0 N–H and O–H groups in total. The number of amides is 1. The summed E-state index contributed by atoms with van der Waals surface area (Å²) in [5.74, 6) is 0. The molecule has 1 unspecified atom stereocenters. The van der Waals surface area contributed by atoms with Crippen molar-refractivity contribution >= 4 is 21.8 Å². The molecule has 0 aromatic heterocycles. The molecule has 0 radical (unpaired) electrons. The van der Waals surface area contributed by atoms with Crippen molar-refractivity contribution in [3.63, 3.8) is 0 Å². The van der Waals surface area contributed by atoms with E-state index in [4.69, 9.17) is 4.74 Å². The predicted molar refractivity (Wildman–Crippen MR) is 175 cm³/mol. The molecule has 1 amide bonds. The standard InChI is InChI=1S/C36H38F3N3O4S/c1-28(41(25-29-11-5-2-6-12-29)26-30-13-7-3-8-14-30)27-46-35(43)40-23-21-33(22-24-40)42(32-15-9-4-10-16-32)47(44,45)34-19-17-31(18-20-34)36(37,38)39/h2-20,28,33H,21-27H2,1H3. The summed E-state index contributed by atoms with van der Waals surface area (Å²) < 4.78 is 74.2. The van der Waals surface area contributed by atoms with E-state index in [0.29, 0.717) is 31.6 Å². The fourth-order valence-corrected chi connectivity index (χ4v) is 7.43. The second-order valence-corrected chi connectivity index (χ2v) is 13.5. The Morgan fingerprint density at radius 2 is 1.30 bits per heavy atom. The van der Waals surface area contributed by atoms with Gasteiger partial charge in [0.1, 0.15) is 6.61 Å².